The van der Waals surface area contributed by atoms with Crippen LogP contribution in [-0.4, -0.2) is 26.9 Å². The van der Waals surface area contributed by atoms with Crippen molar-refractivity contribution >= 4 is 34.9 Å². The fraction of sp³-hybridized carbons (Fsp3) is 0.0833. The van der Waals surface area contributed by atoms with E-state index >= 15 is 0 Å². The van der Waals surface area contributed by atoms with E-state index in [9.17, 15) is 19.7 Å². The lowest BCUT2D eigenvalue weighted by Gasteiger charge is -2.18. The first-order chi connectivity index (χ1) is 16.8. The first-order valence-electron chi connectivity index (χ1n) is 10.2. The van der Waals surface area contributed by atoms with Crippen molar-refractivity contribution in [2.45, 2.75) is 13.0 Å². The predicted molar refractivity (Wildman–Crippen MR) is 126 cm³/mol. The van der Waals surface area contributed by atoms with Crippen molar-refractivity contribution < 1.29 is 23.8 Å². The molecule has 1 aromatic heterocycles. The lowest BCUT2D eigenvalue weighted by Crippen LogP contribution is -2.26. The van der Waals surface area contributed by atoms with E-state index in [1.165, 1.54) is 24.3 Å². The van der Waals surface area contributed by atoms with Crippen molar-refractivity contribution in [1.82, 2.24) is 10.1 Å². The topological polar surface area (TPSA) is 137 Å². The van der Waals surface area contributed by atoms with E-state index in [-0.39, 0.29) is 22.0 Å². The summed E-state index contributed by atoms with van der Waals surface area (Å²) in [5.41, 5.74) is 1.16. The average molecular weight is 493 g/mol. The number of hydrogen-bond acceptors (Lipinski definition) is 8. The second kappa shape index (κ2) is 10.1. The molecule has 0 saturated heterocycles. The maximum Gasteiger partial charge on any atom is 0.339 e. The van der Waals surface area contributed by atoms with Crippen LogP contribution in [0.25, 0.3) is 11.5 Å². The molecule has 3 aromatic carbocycles. The largest absolute Gasteiger partial charge is 0.444 e. The maximum absolute atomic E-state index is 13.1. The van der Waals surface area contributed by atoms with Gasteiger partial charge in [-0.05, 0) is 37.3 Å². The Kier molecular flexibility index (Phi) is 6.83. The zero-order chi connectivity index (χ0) is 24.9. The summed E-state index contributed by atoms with van der Waals surface area (Å²) in [7, 11) is 0. The van der Waals surface area contributed by atoms with Gasteiger partial charge in [0.05, 0.1) is 21.2 Å². The fourth-order valence-corrected chi connectivity index (χ4v) is 3.38. The molecule has 1 heterocycles. The quantitative estimate of drug-likeness (QED) is 0.212. The van der Waals surface area contributed by atoms with Gasteiger partial charge in [0, 0.05) is 23.3 Å². The highest BCUT2D eigenvalue weighted by molar-refractivity contribution is 6.34. The van der Waals surface area contributed by atoms with E-state index in [4.69, 9.17) is 20.9 Å². The number of aryl methyl sites for hydroxylation is 1. The summed E-state index contributed by atoms with van der Waals surface area (Å²) >= 11 is 6.09. The molecule has 4 rings (SSSR count). The average Bonchev–Trinajstić information content (AvgIpc) is 3.30. The molecule has 0 bridgehead atoms. The van der Waals surface area contributed by atoms with Crippen LogP contribution in [0.2, 0.25) is 5.02 Å². The van der Waals surface area contributed by atoms with Crippen molar-refractivity contribution in [2.24, 2.45) is 0 Å². The van der Waals surface area contributed by atoms with E-state index in [0.717, 1.165) is 6.07 Å². The van der Waals surface area contributed by atoms with Gasteiger partial charge in [0.25, 0.3) is 17.5 Å². The summed E-state index contributed by atoms with van der Waals surface area (Å²) in [5, 5.41) is 17.2. The summed E-state index contributed by atoms with van der Waals surface area (Å²) in [6.07, 6.45) is -1.31. The third-order valence-corrected chi connectivity index (χ3v) is 5.19. The molecule has 176 valence electrons. The molecule has 0 fully saturated rings. The summed E-state index contributed by atoms with van der Waals surface area (Å²) in [4.78, 5) is 40.4. The molecule has 1 N–H and O–H groups in total. The molecule has 0 radical (unpaired) electrons. The van der Waals surface area contributed by atoms with Gasteiger partial charge in [0.2, 0.25) is 6.10 Å². The van der Waals surface area contributed by atoms with Gasteiger partial charge in [-0.2, -0.15) is 4.98 Å². The standard InChI is InChI=1S/C24H17ClN4O6/c1-14-26-23(35-28-14)16-7-9-17(10-8-16)24(31)34-21(15-5-3-2-4-6-15)22(30)27-20-12-11-18(29(32)33)13-19(20)25/h2-13,21H,1H3,(H,27,30). The summed E-state index contributed by atoms with van der Waals surface area (Å²) < 4.78 is 10.7. The third kappa shape index (κ3) is 5.50. The van der Waals surface area contributed by atoms with Crippen molar-refractivity contribution in [2.75, 3.05) is 5.32 Å². The molecule has 10 nitrogen and oxygen atoms in total. The molecule has 0 aliphatic rings. The lowest BCUT2D eigenvalue weighted by atomic mass is 10.1. The SMILES string of the molecule is Cc1noc(-c2ccc(C(=O)OC(C(=O)Nc3ccc([N+](=O)[O-])cc3Cl)c3ccccc3)cc2)n1. The minimum absolute atomic E-state index is 0.0301. The van der Waals surface area contributed by atoms with Crippen LogP contribution in [0.3, 0.4) is 0 Å². The highest BCUT2D eigenvalue weighted by Gasteiger charge is 2.27. The molecular weight excluding hydrogens is 476 g/mol. The van der Waals surface area contributed by atoms with Crippen LogP contribution in [0.4, 0.5) is 11.4 Å². The number of nitro groups is 1. The monoisotopic (exact) mass is 492 g/mol. The molecule has 4 aromatic rings. The number of nitrogens with one attached hydrogen (secondary N) is 1. The Morgan fingerprint density at radius 3 is 2.40 bits per heavy atom. The van der Waals surface area contributed by atoms with Crippen molar-refractivity contribution in [3.63, 3.8) is 0 Å². The molecule has 1 atom stereocenters. The Bertz CT molecular complexity index is 1390. The van der Waals surface area contributed by atoms with Crippen molar-refractivity contribution in [3.05, 3.63) is 105 Å². The molecule has 1 unspecified atom stereocenters. The molecule has 0 saturated carbocycles. The zero-order valence-electron chi connectivity index (χ0n) is 18.2. The number of ether oxygens (including phenoxy) is 1. The smallest absolute Gasteiger partial charge is 0.339 e. The van der Waals surface area contributed by atoms with Crippen LogP contribution in [0.5, 0.6) is 0 Å². The number of rotatable bonds is 7. The van der Waals surface area contributed by atoms with E-state index < -0.39 is 22.9 Å². The van der Waals surface area contributed by atoms with E-state index in [0.29, 0.717) is 22.8 Å². The fourth-order valence-electron chi connectivity index (χ4n) is 3.16. The van der Waals surface area contributed by atoms with E-state index in [2.05, 4.69) is 15.5 Å². The van der Waals surface area contributed by atoms with Gasteiger partial charge in [-0.15, -0.1) is 0 Å². The molecule has 35 heavy (non-hydrogen) atoms. The number of amides is 1. The summed E-state index contributed by atoms with van der Waals surface area (Å²) in [5.74, 6) is -0.632. The minimum Gasteiger partial charge on any atom is -0.444 e. The highest BCUT2D eigenvalue weighted by atomic mass is 35.5. The molecule has 0 spiro atoms. The second-order valence-electron chi connectivity index (χ2n) is 7.33. The first kappa shape index (κ1) is 23.6. The van der Waals surface area contributed by atoms with Crippen LogP contribution in [0.15, 0.2) is 77.3 Å². The van der Waals surface area contributed by atoms with Crippen LogP contribution in [-0.2, 0) is 9.53 Å². The Balaban J connectivity index is 1.55. The van der Waals surface area contributed by atoms with Gasteiger partial charge >= 0.3 is 5.97 Å². The molecular formula is C24H17ClN4O6. The normalized spacial score (nSPS) is 11.5. The molecule has 11 heteroatoms. The Hall–Kier alpha value is -4.57. The number of carbonyl (C=O) groups excluding carboxylic acids is 2. The number of halogens is 1. The lowest BCUT2D eigenvalue weighted by molar-refractivity contribution is -0.384. The maximum atomic E-state index is 13.1. The summed E-state index contributed by atoms with van der Waals surface area (Å²) in [6, 6.07) is 18.3. The molecule has 1 amide bonds. The van der Waals surface area contributed by atoms with Gasteiger partial charge in [-0.3, -0.25) is 14.9 Å². The van der Waals surface area contributed by atoms with E-state index in [1.807, 2.05) is 0 Å². The Labute approximate surface area is 203 Å². The number of anilines is 1. The summed E-state index contributed by atoms with van der Waals surface area (Å²) in [6.45, 7) is 1.69. The number of carbonyl (C=O) groups is 2. The number of non-ortho nitro benzene ring substituents is 1. The first-order valence-corrected chi connectivity index (χ1v) is 10.6. The number of esters is 1. The second-order valence-corrected chi connectivity index (χ2v) is 7.74. The number of nitrogens with zero attached hydrogens (tertiary/aromatic N) is 3. The van der Waals surface area contributed by atoms with Gasteiger partial charge in [-0.1, -0.05) is 47.1 Å². The van der Waals surface area contributed by atoms with Gasteiger partial charge in [-0.25, -0.2) is 4.79 Å². The van der Waals surface area contributed by atoms with Crippen LogP contribution in [0, 0.1) is 17.0 Å². The van der Waals surface area contributed by atoms with Gasteiger partial charge in [0.1, 0.15) is 0 Å². The van der Waals surface area contributed by atoms with E-state index in [1.54, 1.807) is 49.4 Å². The van der Waals surface area contributed by atoms with Gasteiger partial charge in [0.15, 0.2) is 5.82 Å². The minimum atomic E-state index is -1.31. The van der Waals surface area contributed by atoms with Crippen LogP contribution >= 0.6 is 11.6 Å². The molecule has 0 aliphatic carbocycles. The van der Waals surface area contributed by atoms with Crippen LogP contribution in [0.1, 0.15) is 27.8 Å². The highest BCUT2D eigenvalue weighted by Crippen LogP contribution is 2.29. The zero-order valence-corrected chi connectivity index (χ0v) is 18.9. The number of benzene rings is 3. The Morgan fingerprint density at radius 1 is 1.09 bits per heavy atom. The molecule has 0 aliphatic heterocycles. The Morgan fingerprint density at radius 2 is 1.80 bits per heavy atom. The number of hydrogen-bond donors (Lipinski definition) is 1. The van der Waals surface area contributed by atoms with Crippen LogP contribution < -0.4 is 5.32 Å². The number of aromatic nitrogens is 2. The number of nitro benzene ring substituents is 1. The van der Waals surface area contributed by atoms with Crippen molar-refractivity contribution in [3.8, 4) is 11.5 Å². The predicted octanol–water partition coefficient (Wildman–Crippen LogP) is 5.14. The third-order valence-electron chi connectivity index (χ3n) is 4.88. The van der Waals surface area contributed by atoms with Gasteiger partial charge < -0.3 is 14.6 Å². The van der Waals surface area contributed by atoms with Crippen molar-refractivity contribution in [1.29, 1.82) is 0 Å².